The molecular weight excluding hydrogens is 420 g/mol. The van der Waals surface area contributed by atoms with E-state index in [-0.39, 0.29) is 12.7 Å². The molecule has 8 heteroatoms. The second kappa shape index (κ2) is 10.6. The molecule has 2 saturated heterocycles. The van der Waals surface area contributed by atoms with Crippen LogP contribution in [0.1, 0.15) is 37.8 Å². The van der Waals surface area contributed by atoms with Crippen molar-refractivity contribution in [3.8, 4) is 5.75 Å². The minimum absolute atomic E-state index is 0.277. The first-order chi connectivity index (χ1) is 16.0. The fourth-order valence-electron chi connectivity index (χ4n) is 3.70. The number of nitrogens with one attached hydrogen (secondary N) is 2. The normalized spacial score (nSPS) is 18.3. The Balaban J connectivity index is 1.22. The highest BCUT2D eigenvalue weighted by Crippen LogP contribution is 2.26. The zero-order valence-corrected chi connectivity index (χ0v) is 19.3. The van der Waals surface area contributed by atoms with Gasteiger partial charge in [-0.25, -0.2) is 20.1 Å². The number of rotatable bonds is 7. The fraction of sp³-hybridized carbons (Fsp3) is 0.440. The Morgan fingerprint density at radius 1 is 1.09 bits per heavy atom. The number of nitrogens with zero attached hydrogens (tertiary/aromatic N) is 2. The van der Waals surface area contributed by atoms with E-state index in [1.54, 1.807) is 4.90 Å². The summed E-state index contributed by atoms with van der Waals surface area (Å²) in [6.07, 6.45) is 0.984. The van der Waals surface area contributed by atoms with Crippen molar-refractivity contribution < 1.29 is 19.1 Å². The van der Waals surface area contributed by atoms with Crippen LogP contribution in [0.15, 0.2) is 59.6 Å². The van der Waals surface area contributed by atoms with Gasteiger partial charge < -0.3 is 19.7 Å². The lowest BCUT2D eigenvalue weighted by atomic mass is 10.0. The molecular formula is C25H32N4O4. The maximum Gasteiger partial charge on any atom is 0.410 e. The van der Waals surface area contributed by atoms with Crippen LogP contribution in [0.4, 0.5) is 4.79 Å². The highest BCUT2D eigenvalue weighted by Gasteiger charge is 2.42. The Labute approximate surface area is 194 Å². The molecule has 0 radical (unpaired) electrons. The summed E-state index contributed by atoms with van der Waals surface area (Å²) in [4.78, 5) is 24.5. The predicted molar refractivity (Wildman–Crippen MR) is 125 cm³/mol. The Bertz CT molecular complexity index is 939. The van der Waals surface area contributed by atoms with Gasteiger partial charge in [0.05, 0.1) is 13.2 Å². The third kappa shape index (κ3) is 6.38. The first kappa shape index (κ1) is 22.9. The summed E-state index contributed by atoms with van der Waals surface area (Å²) in [7, 11) is 0. The van der Waals surface area contributed by atoms with Gasteiger partial charge in [-0.05, 0) is 29.2 Å². The number of hydrogen-bond acceptors (Lipinski definition) is 5. The van der Waals surface area contributed by atoms with Crippen LogP contribution in [-0.4, -0.2) is 42.4 Å². The molecule has 2 N–H and O–H groups in total. The lowest BCUT2D eigenvalue weighted by Crippen LogP contribution is -2.53. The summed E-state index contributed by atoms with van der Waals surface area (Å²) >= 11 is 0. The highest BCUT2D eigenvalue weighted by atomic mass is 16.7. The quantitative estimate of drug-likeness (QED) is 0.664. The van der Waals surface area contributed by atoms with Crippen LogP contribution in [0.3, 0.4) is 0 Å². The van der Waals surface area contributed by atoms with Crippen LogP contribution >= 0.6 is 0 Å². The first-order valence-corrected chi connectivity index (χ1v) is 11.5. The SMILES string of the molecule is CC(C)COc1ccc(CN=C2NOC3(CCN(C(=O)OCc4ccccc4)CC3)N2)cc1. The smallest absolute Gasteiger partial charge is 0.410 e. The number of aliphatic imine (C=N–C) groups is 1. The summed E-state index contributed by atoms with van der Waals surface area (Å²) in [5.41, 5.74) is 4.41. The monoisotopic (exact) mass is 452 g/mol. The summed E-state index contributed by atoms with van der Waals surface area (Å²) in [5, 5.41) is 3.35. The Kier molecular flexibility index (Phi) is 7.34. The van der Waals surface area contributed by atoms with Gasteiger partial charge in [-0.2, -0.15) is 0 Å². The predicted octanol–water partition coefficient (Wildman–Crippen LogP) is 3.83. The number of ether oxygens (including phenoxy) is 2. The molecule has 4 rings (SSSR count). The third-order valence-corrected chi connectivity index (χ3v) is 5.65. The van der Waals surface area contributed by atoms with Gasteiger partial charge in [0.25, 0.3) is 0 Å². The van der Waals surface area contributed by atoms with Crippen LogP contribution in [0, 0.1) is 5.92 Å². The molecule has 0 aromatic heterocycles. The molecule has 8 nitrogen and oxygen atoms in total. The van der Waals surface area contributed by atoms with Crippen molar-refractivity contribution in [1.29, 1.82) is 0 Å². The third-order valence-electron chi connectivity index (χ3n) is 5.65. The zero-order chi connectivity index (χ0) is 23.1. The second-order valence-electron chi connectivity index (χ2n) is 8.86. The van der Waals surface area contributed by atoms with E-state index in [0.29, 0.717) is 51.0 Å². The number of hydroxylamine groups is 1. The van der Waals surface area contributed by atoms with Crippen LogP contribution in [0.2, 0.25) is 0 Å². The van der Waals surface area contributed by atoms with Crippen molar-refractivity contribution in [2.24, 2.45) is 10.9 Å². The minimum Gasteiger partial charge on any atom is -0.493 e. The number of carbonyl (C=O) groups is 1. The van der Waals surface area contributed by atoms with Gasteiger partial charge in [0.2, 0.25) is 5.96 Å². The van der Waals surface area contributed by atoms with Crippen molar-refractivity contribution in [3.05, 3.63) is 65.7 Å². The van der Waals surface area contributed by atoms with E-state index in [2.05, 4.69) is 29.6 Å². The van der Waals surface area contributed by atoms with Crippen LogP contribution in [-0.2, 0) is 22.7 Å². The van der Waals surface area contributed by atoms with E-state index < -0.39 is 5.72 Å². The lowest BCUT2D eigenvalue weighted by Gasteiger charge is -2.36. The van der Waals surface area contributed by atoms with Crippen LogP contribution in [0.25, 0.3) is 0 Å². The molecule has 33 heavy (non-hydrogen) atoms. The van der Waals surface area contributed by atoms with E-state index in [4.69, 9.17) is 14.3 Å². The first-order valence-electron chi connectivity index (χ1n) is 11.5. The van der Waals surface area contributed by atoms with E-state index in [1.165, 1.54) is 0 Å². The molecule has 0 saturated carbocycles. The van der Waals surface area contributed by atoms with Gasteiger partial charge in [-0.15, -0.1) is 0 Å². The second-order valence-corrected chi connectivity index (χ2v) is 8.86. The molecule has 1 amide bonds. The van der Waals surface area contributed by atoms with E-state index in [9.17, 15) is 4.79 Å². The number of likely N-dealkylation sites (tertiary alicyclic amines) is 1. The molecule has 0 atom stereocenters. The molecule has 176 valence electrons. The van der Waals surface area contributed by atoms with Crippen molar-refractivity contribution in [2.45, 2.75) is 45.6 Å². The van der Waals surface area contributed by atoms with Crippen LogP contribution < -0.4 is 15.5 Å². The molecule has 0 unspecified atom stereocenters. The molecule has 2 heterocycles. The molecule has 0 bridgehead atoms. The number of benzene rings is 2. The van der Waals surface area contributed by atoms with E-state index in [0.717, 1.165) is 16.9 Å². The standard InChI is InChI=1S/C25H32N4O4/c1-19(2)17-31-22-10-8-20(9-11-22)16-26-23-27-25(33-28-23)12-14-29(15-13-25)24(30)32-18-21-6-4-3-5-7-21/h3-11,19H,12-18H2,1-2H3,(H2,26,27,28). The minimum atomic E-state index is -0.552. The summed E-state index contributed by atoms with van der Waals surface area (Å²) in [6, 6.07) is 17.7. The molecule has 2 aliphatic rings. The molecule has 2 aromatic carbocycles. The average molecular weight is 453 g/mol. The molecule has 1 spiro atoms. The summed E-state index contributed by atoms with van der Waals surface area (Å²) < 4.78 is 11.2. The maximum atomic E-state index is 12.4. The lowest BCUT2D eigenvalue weighted by molar-refractivity contribution is -0.0924. The van der Waals surface area contributed by atoms with Gasteiger partial charge in [-0.1, -0.05) is 56.3 Å². The summed E-state index contributed by atoms with van der Waals surface area (Å²) in [6.45, 7) is 6.86. The number of piperidine rings is 1. The van der Waals surface area contributed by atoms with Crippen LogP contribution in [0.5, 0.6) is 5.75 Å². The van der Waals surface area contributed by atoms with Crippen molar-refractivity contribution in [3.63, 3.8) is 0 Å². The van der Waals surface area contributed by atoms with Gasteiger partial charge in [0, 0.05) is 25.9 Å². The number of hydrogen-bond donors (Lipinski definition) is 2. The Morgan fingerprint density at radius 2 is 1.82 bits per heavy atom. The van der Waals surface area contributed by atoms with Gasteiger partial charge in [0.15, 0.2) is 5.72 Å². The largest absolute Gasteiger partial charge is 0.493 e. The van der Waals surface area contributed by atoms with Gasteiger partial charge in [0.1, 0.15) is 12.4 Å². The fourth-order valence-corrected chi connectivity index (χ4v) is 3.70. The van der Waals surface area contributed by atoms with Crippen molar-refractivity contribution in [2.75, 3.05) is 19.7 Å². The molecule has 2 fully saturated rings. The highest BCUT2D eigenvalue weighted by molar-refractivity contribution is 5.81. The van der Waals surface area contributed by atoms with Gasteiger partial charge in [-0.3, -0.25) is 0 Å². The van der Waals surface area contributed by atoms with Crippen molar-refractivity contribution in [1.82, 2.24) is 15.7 Å². The Morgan fingerprint density at radius 3 is 2.52 bits per heavy atom. The van der Waals surface area contributed by atoms with E-state index >= 15 is 0 Å². The molecule has 0 aliphatic carbocycles. The van der Waals surface area contributed by atoms with Gasteiger partial charge >= 0.3 is 6.09 Å². The molecule has 2 aromatic rings. The number of guanidine groups is 1. The Hall–Kier alpha value is -3.26. The van der Waals surface area contributed by atoms with E-state index in [1.807, 2.05) is 54.6 Å². The maximum absolute atomic E-state index is 12.4. The average Bonchev–Trinajstić information content (AvgIpc) is 3.24. The summed E-state index contributed by atoms with van der Waals surface area (Å²) in [5.74, 6) is 1.97. The zero-order valence-electron chi connectivity index (χ0n) is 19.3. The molecule has 2 aliphatic heterocycles. The van der Waals surface area contributed by atoms with Crippen molar-refractivity contribution >= 4 is 12.1 Å². The number of amides is 1. The number of carbonyl (C=O) groups excluding carboxylic acids is 1. The topological polar surface area (TPSA) is 84.4 Å².